The normalized spacial score (nSPS) is 20.9. The molecule has 1 fully saturated rings. The number of hydrogen-bond acceptors (Lipinski definition) is 7. The Hall–Kier alpha value is -3.50. The van der Waals surface area contributed by atoms with Crippen molar-refractivity contribution in [3.8, 4) is 17.2 Å². The zero-order valence-corrected chi connectivity index (χ0v) is 18.9. The molecule has 0 aliphatic carbocycles. The first-order valence-corrected chi connectivity index (χ1v) is 11.2. The smallest absolute Gasteiger partial charge is 0.319 e. The molecule has 10 heteroatoms. The molecule has 3 atom stereocenters. The van der Waals surface area contributed by atoms with Crippen LogP contribution in [-0.4, -0.2) is 62.3 Å². The number of nitrogens with one attached hydrogen (secondary N) is 3. The number of amides is 3. The van der Waals surface area contributed by atoms with Gasteiger partial charge < -0.3 is 40.0 Å². The van der Waals surface area contributed by atoms with Crippen molar-refractivity contribution in [2.45, 2.75) is 37.5 Å². The fourth-order valence-electron chi connectivity index (χ4n) is 4.07. The van der Waals surface area contributed by atoms with Gasteiger partial charge in [-0.05, 0) is 49.6 Å². The van der Waals surface area contributed by atoms with Crippen molar-refractivity contribution in [1.29, 1.82) is 0 Å². The van der Waals surface area contributed by atoms with Gasteiger partial charge in [-0.1, -0.05) is 12.1 Å². The molecule has 182 valence electrons. The number of fused-ring (bicyclic) bond motifs is 1. The third kappa shape index (κ3) is 5.70. The number of hydrogen-bond donors (Lipinski definition) is 4. The number of methoxy groups -OCH3 is 1. The molecule has 3 amide bonds. The van der Waals surface area contributed by atoms with E-state index in [4.69, 9.17) is 18.9 Å². The predicted molar refractivity (Wildman–Crippen MR) is 123 cm³/mol. The van der Waals surface area contributed by atoms with E-state index in [0.29, 0.717) is 54.3 Å². The number of benzene rings is 2. The van der Waals surface area contributed by atoms with Crippen molar-refractivity contribution in [3.63, 3.8) is 0 Å². The standard InChI is InChI=1S/C24H29N3O7/c1-31-19-5-3-2-4-17(19)26-24(30)27-18-8-7-16(34-22(18)13-28)10-11-25-23(29)15-6-9-20-21(12-15)33-14-32-20/h2-6,9,12,16,18,22,28H,7-8,10-11,13-14H2,1H3,(H,25,29)(H2,26,27,30)/t16-,18-,22+/m0/s1. The van der Waals surface area contributed by atoms with Crippen LogP contribution in [0.15, 0.2) is 42.5 Å². The molecule has 4 N–H and O–H groups in total. The van der Waals surface area contributed by atoms with Gasteiger partial charge in [-0.2, -0.15) is 0 Å². The van der Waals surface area contributed by atoms with Gasteiger partial charge in [0.25, 0.3) is 5.91 Å². The van der Waals surface area contributed by atoms with Gasteiger partial charge in [0, 0.05) is 12.1 Å². The minimum Gasteiger partial charge on any atom is -0.495 e. The summed E-state index contributed by atoms with van der Waals surface area (Å²) in [5.74, 6) is 1.53. The van der Waals surface area contributed by atoms with Gasteiger partial charge in [-0.25, -0.2) is 4.79 Å². The summed E-state index contributed by atoms with van der Waals surface area (Å²) >= 11 is 0. The number of ether oxygens (including phenoxy) is 4. The molecule has 34 heavy (non-hydrogen) atoms. The number of carbonyl (C=O) groups excluding carboxylic acids is 2. The summed E-state index contributed by atoms with van der Waals surface area (Å²) in [7, 11) is 1.53. The van der Waals surface area contributed by atoms with Crippen LogP contribution < -0.4 is 30.2 Å². The number of aliphatic hydroxyl groups excluding tert-OH is 1. The van der Waals surface area contributed by atoms with Gasteiger partial charge in [-0.15, -0.1) is 0 Å². The van der Waals surface area contributed by atoms with Gasteiger partial charge in [-0.3, -0.25) is 4.79 Å². The Bertz CT molecular complexity index is 1020. The summed E-state index contributed by atoms with van der Waals surface area (Å²) in [6.07, 6.45) is 1.25. The molecule has 0 bridgehead atoms. The largest absolute Gasteiger partial charge is 0.495 e. The Kier molecular flexibility index (Phi) is 7.71. The number of para-hydroxylation sites is 2. The summed E-state index contributed by atoms with van der Waals surface area (Å²) in [6.45, 7) is 0.353. The minimum absolute atomic E-state index is 0.135. The van der Waals surface area contributed by atoms with Gasteiger partial charge in [0.2, 0.25) is 6.79 Å². The molecule has 2 aromatic rings. The lowest BCUT2D eigenvalue weighted by Crippen LogP contribution is -2.52. The van der Waals surface area contributed by atoms with Gasteiger partial charge in [0.05, 0.1) is 31.5 Å². The highest BCUT2D eigenvalue weighted by Gasteiger charge is 2.32. The van der Waals surface area contributed by atoms with Crippen molar-refractivity contribution in [2.75, 3.05) is 32.4 Å². The molecule has 1 saturated heterocycles. The molecule has 2 aliphatic rings. The summed E-state index contributed by atoms with van der Waals surface area (Å²) in [5, 5.41) is 18.3. The van der Waals surface area contributed by atoms with E-state index in [1.807, 2.05) is 6.07 Å². The van der Waals surface area contributed by atoms with Crippen LogP contribution in [0.3, 0.4) is 0 Å². The Morgan fingerprint density at radius 3 is 2.76 bits per heavy atom. The zero-order valence-electron chi connectivity index (χ0n) is 18.9. The monoisotopic (exact) mass is 471 g/mol. The first-order valence-electron chi connectivity index (χ1n) is 11.2. The average molecular weight is 472 g/mol. The van der Waals surface area contributed by atoms with Crippen LogP contribution >= 0.6 is 0 Å². The van der Waals surface area contributed by atoms with Crippen LogP contribution in [0.1, 0.15) is 29.6 Å². The molecule has 0 radical (unpaired) electrons. The van der Waals surface area contributed by atoms with E-state index in [-0.39, 0.29) is 31.5 Å². The van der Waals surface area contributed by atoms with Crippen molar-refractivity contribution in [2.24, 2.45) is 0 Å². The summed E-state index contributed by atoms with van der Waals surface area (Å²) < 4.78 is 21.8. The van der Waals surface area contributed by atoms with E-state index in [0.717, 1.165) is 0 Å². The lowest BCUT2D eigenvalue weighted by Gasteiger charge is -2.36. The third-order valence-corrected chi connectivity index (χ3v) is 5.85. The Morgan fingerprint density at radius 1 is 1.12 bits per heavy atom. The lowest BCUT2D eigenvalue weighted by atomic mass is 9.97. The van der Waals surface area contributed by atoms with Crippen LogP contribution in [0, 0.1) is 0 Å². The first-order chi connectivity index (χ1) is 16.6. The van der Waals surface area contributed by atoms with Crippen molar-refractivity contribution < 1.29 is 33.6 Å². The highest BCUT2D eigenvalue weighted by Crippen LogP contribution is 2.32. The van der Waals surface area contributed by atoms with E-state index in [1.165, 1.54) is 7.11 Å². The summed E-state index contributed by atoms with van der Waals surface area (Å²) in [5.41, 5.74) is 1.04. The van der Waals surface area contributed by atoms with Gasteiger partial charge in [0.1, 0.15) is 11.9 Å². The summed E-state index contributed by atoms with van der Waals surface area (Å²) in [6, 6.07) is 11.4. The molecule has 0 saturated carbocycles. The second-order valence-corrected chi connectivity index (χ2v) is 8.07. The molecule has 0 spiro atoms. The maximum absolute atomic E-state index is 12.5. The molecule has 2 aliphatic heterocycles. The van der Waals surface area contributed by atoms with Crippen LogP contribution in [0.5, 0.6) is 17.2 Å². The second kappa shape index (κ2) is 11.1. The van der Waals surface area contributed by atoms with Crippen LogP contribution in [0.4, 0.5) is 10.5 Å². The average Bonchev–Trinajstić information content (AvgIpc) is 3.33. The van der Waals surface area contributed by atoms with E-state index in [9.17, 15) is 14.7 Å². The van der Waals surface area contributed by atoms with E-state index in [1.54, 1.807) is 36.4 Å². The van der Waals surface area contributed by atoms with Crippen LogP contribution in [0.2, 0.25) is 0 Å². The maximum Gasteiger partial charge on any atom is 0.319 e. The number of carbonyl (C=O) groups is 2. The predicted octanol–water partition coefficient (Wildman–Crippen LogP) is 2.27. The SMILES string of the molecule is COc1ccccc1NC(=O)N[C@H]1CC[C@@H](CCNC(=O)c2ccc3c(c2)OCO3)O[C@@H]1CO. The number of urea groups is 1. The number of aliphatic hydroxyl groups is 1. The number of anilines is 1. The maximum atomic E-state index is 12.5. The molecule has 0 unspecified atom stereocenters. The Balaban J connectivity index is 1.22. The highest BCUT2D eigenvalue weighted by molar-refractivity contribution is 5.95. The molecular weight excluding hydrogens is 442 g/mol. The van der Waals surface area contributed by atoms with E-state index < -0.39 is 12.1 Å². The molecular formula is C24H29N3O7. The van der Waals surface area contributed by atoms with Crippen LogP contribution in [0.25, 0.3) is 0 Å². The summed E-state index contributed by atoms with van der Waals surface area (Å²) in [4.78, 5) is 24.9. The molecule has 2 heterocycles. The Morgan fingerprint density at radius 2 is 1.94 bits per heavy atom. The quantitative estimate of drug-likeness (QED) is 0.465. The molecule has 10 nitrogen and oxygen atoms in total. The highest BCUT2D eigenvalue weighted by atomic mass is 16.7. The molecule has 4 rings (SSSR count). The topological polar surface area (TPSA) is 127 Å². The molecule has 2 aromatic carbocycles. The van der Waals surface area contributed by atoms with Gasteiger partial charge in [0.15, 0.2) is 11.5 Å². The second-order valence-electron chi connectivity index (χ2n) is 8.07. The Labute approximate surface area is 197 Å². The zero-order chi connectivity index (χ0) is 23.9. The fraction of sp³-hybridized carbons (Fsp3) is 0.417. The number of rotatable bonds is 8. The van der Waals surface area contributed by atoms with Crippen molar-refractivity contribution >= 4 is 17.6 Å². The van der Waals surface area contributed by atoms with Crippen LogP contribution in [-0.2, 0) is 4.74 Å². The minimum atomic E-state index is -0.535. The lowest BCUT2D eigenvalue weighted by molar-refractivity contribution is -0.0886. The first kappa shape index (κ1) is 23.7. The van der Waals surface area contributed by atoms with Gasteiger partial charge >= 0.3 is 6.03 Å². The van der Waals surface area contributed by atoms with E-state index >= 15 is 0 Å². The molecule has 0 aromatic heterocycles. The fourth-order valence-corrected chi connectivity index (χ4v) is 4.07. The van der Waals surface area contributed by atoms with Crippen molar-refractivity contribution in [3.05, 3.63) is 48.0 Å². The third-order valence-electron chi connectivity index (χ3n) is 5.85. The van der Waals surface area contributed by atoms with Crippen molar-refractivity contribution in [1.82, 2.24) is 10.6 Å². The van der Waals surface area contributed by atoms with E-state index in [2.05, 4.69) is 16.0 Å².